The molecular formula is C25H25NO. The summed E-state index contributed by atoms with van der Waals surface area (Å²) in [6.45, 7) is 6.21. The second-order valence-electron chi connectivity index (χ2n) is 7.76. The number of amides is 1. The van der Waals surface area contributed by atoms with Gasteiger partial charge >= 0.3 is 0 Å². The predicted octanol–water partition coefficient (Wildman–Crippen LogP) is 5.56. The Morgan fingerprint density at radius 3 is 1.85 bits per heavy atom. The standard InChI is InChI=1S/C25H25NO/c1-17-8-12-20(13-9-17)25(21-14-10-18(2)11-15-21)16-22(25)24(27)26-23-7-5-4-6-19(23)3/h4-15,22H,16H2,1-3H3,(H,26,27). The molecule has 0 saturated heterocycles. The van der Waals surface area contributed by atoms with Crippen molar-refractivity contribution in [2.75, 3.05) is 5.32 Å². The number of hydrogen-bond acceptors (Lipinski definition) is 1. The number of para-hydroxylation sites is 1. The van der Waals surface area contributed by atoms with Crippen LogP contribution in [0.1, 0.15) is 34.2 Å². The number of benzene rings is 3. The van der Waals surface area contributed by atoms with Crippen molar-refractivity contribution in [3.63, 3.8) is 0 Å². The fourth-order valence-corrected chi connectivity index (χ4v) is 4.02. The number of carbonyl (C=O) groups is 1. The van der Waals surface area contributed by atoms with Crippen LogP contribution < -0.4 is 5.32 Å². The van der Waals surface area contributed by atoms with Gasteiger partial charge in [-0.2, -0.15) is 0 Å². The monoisotopic (exact) mass is 355 g/mol. The summed E-state index contributed by atoms with van der Waals surface area (Å²) in [5.41, 5.74) is 6.68. The van der Waals surface area contributed by atoms with Crippen LogP contribution in [0, 0.1) is 26.7 Å². The summed E-state index contributed by atoms with van der Waals surface area (Å²) in [5, 5.41) is 3.15. The quantitative estimate of drug-likeness (QED) is 0.652. The summed E-state index contributed by atoms with van der Waals surface area (Å²) < 4.78 is 0. The molecule has 1 amide bonds. The van der Waals surface area contributed by atoms with Crippen LogP contribution in [0.15, 0.2) is 72.8 Å². The number of aryl methyl sites for hydroxylation is 3. The van der Waals surface area contributed by atoms with Crippen LogP contribution in [-0.4, -0.2) is 5.91 Å². The molecule has 136 valence electrons. The third-order valence-corrected chi connectivity index (χ3v) is 5.81. The smallest absolute Gasteiger partial charge is 0.228 e. The van der Waals surface area contributed by atoms with E-state index in [4.69, 9.17) is 0 Å². The lowest BCUT2D eigenvalue weighted by Crippen LogP contribution is -2.22. The Labute approximate surface area is 161 Å². The minimum atomic E-state index is -0.228. The topological polar surface area (TPSA) is 29.1 Å². The fraction of sp³-hybridized carbons (Fsp3) is 0.240. The lowest BCUT2D eigenvalue weighted by atomic mass is 9.85. The zero-order valence-corrected chi connectivity index (χ0v) is 16.1. The van der Waals surface area contributed by atoms with E-state index < -0.39 is 0 Å². The van der Waals surface area contributed by atoms with Gasteiger partial charge in [0.05, 0.1) is 5.92 Å². The molecule has 2 nitrogen and oxygen atoms in total. The van der Waals surface area contributed by atoms with Crippen molar-refractivity contribution in [1.29, 1.82) is 0 Å². The molecule has 3 aromatic rings. The molecule has 1 aliphatic carbocycles. The molecule has 0 heterocycles. The van der Waals surface area contributed by atoms with Gasteiger partial charge in [-0.05, 0) is 49.9 Å². The normalized spacial score (nSPS) is 17.4. The van der Waals surface area contributed by atoms with E-state index in [-0.39, 0.29) is 17.2 Å². The van der Waals surface area contributed by atoms with E-state index in [9.17, 15) is 4.79 Å². The Morgan fingerprint density at radius 1 is 0.815 bits per heavy atom. The zero-order valence-electron chi connectivity index (χ0n) is 16.1. The van der Waals surface area contributed by atoms with E-state index in [2.05, 4.69) is 67.7 Å². The largest absolute Gasteiger partial charge is 0.326 e. The molecule has 4 rings (SSSR count). The van der Waals surface area contributed by atoms with Crippen LogP contribution in [0.3, 0.4) is 0 Å². The molecule has 1 aliphatic rings. The average molecular weight is 355 g/mol. The summed E-state index contributed by atoms with van der Waals surface area (Å²) in [7, 11) is 0. The summed E-state index contributed by atoms with van der Waals surface area (Å²) in [6.07, 6.45) is 0.844. The summed E-state index contributed by atoms with van der Waals surface area (Å²) in [4.78, 5) is 13.1. The van der Waals surface area contributed by atoms with Gasteiger partial charge in [0.1, 0.15) is 0 Å². The Bertz CT molecular complexity index is 924. The molecule has 1 fully saturated rings. The van der Waals surface area contributed by atoms with E-state index in [1.54, 1.807) is 0 Å². The summed E-state index contributed by atoms with van der Waals surface area (Å²) in [5.74, 6) is 0.0490. The van der Waals surface area contributed by atoms with Gasteiger partial charge < -0.3 is 5.32 Å². The first-order chi connectivity index (χ1) is 13.0. The first-order valence-corrected chi connectivity index (χ1v) is 9.51. The highest BCUT2D eigenvalue weighted by Crippen LogP contribution is 2.59. The van der Waals surface area contributed by atoms with Crippen molar-refractivity contribution in [2.45, 2.75) is 32.6 Å². The lowest BCUT2D eigenvalue weighted by Gasteiger charge is -2.20. The van der Waals surface area contributed by atoms with E-state index >= 15 is 0 Å². The Hall–Kier alpha value is -2.87. The molecule has 0 aliphatic heterocycles. The van der Waals surface area contributed by atoms with E-state index in [0.717, 1.165) is 17.7 Å². The van der Waals surface area contributed by atoms with Crippen LogP contribution in [0.2, 0.25) is 0 Å². The molecular weight excluding hydrogens is 330 g/mol. The van der Waals surface area contributed by atoms with Crippen molar-refractivity contribution < 1.29 is 4.79 Å². The lowest BCUT2D eigenvalue weighted by molar-refractivity contribution is -0.117. The minimum absolute atomic E-state index is 0.0532. The molecule has 1 N–H and O–H groups in total. The highest BCUT2D eigenvalue weighted by atomic mass is 16.2. The van der Waals surface area contributed by atoms with Crippen molar-refractivity contribution in [1.82, 2.24) is 0 Å². The van der Waals surface area contributed by atoms with Crippen molar-refractivity contribution in [2.24, 2.45) is 5.92 Å². The zero-order chi connectivity index (χ0) is 19.0. The molecule has 1 unspecified atom stereocenters. The number of carbonyl (C=O) groups excluding carboxylic acids is 1. The van der Waals surface area contributed by atoms with Gasteiger partial charge in [-0.1, -0.05) is 77.9 Å². The predicted molar refractivity (Wildman–Crippen MR) is 111 cm³/mol. The van der Waals surface area contributed by atoms with Gasteiger partial charge in [0.15, 0.2) is 0 Å². The van der Waals surface area contributed by atoms with Crippen molar-refractivity contribution >= 4 is 11.6 Å². The maximum absolute atomic E-state index is 13.1. The van der Waals surface area contributed by atoms with Crippen LogP contribution in [0.5, 0.6) is 0 Å². The molecule has 2 heteroatoms. The Kier molecular flexibility index (Phi) is 4.35. The summed E-state index contributed by atoms with van der Waals surface area (Å²) >= 11 is 0. The molecule has 1 saturated carbocycles. The van der Waals surface area contributed by atoms with Gasteiger partial charge in [0.25, 0.3) is 0 Å². The minimum Gasteiger partial charge on any atom is -0.326 e. The summed E-state index contributed by atoms with van der Waals surface area (Å²) in [6, 6.07) is 25.2. The van der Waals surface area contributed by atoms with Gasteiger partial charge in [-0.3, -0.25) is 4.79 Å². The van der Waals surface area contributed by atoms with Crippen molar-refractivity contribution in [3.05, 3.63) is 101 Å². The SMILES string of the molecule is Cc1ccc(C2(c3ccc(C)cc3)CC2C(=O)Nc2ccccc2C)cc1. The second kappa shape index (κ2) is 6.70. The number of hydrogen-bond donors (Lipinski definition) is 1. The van der Waals surface area contributed by atoms with Gasteiger partial charge in [-0.25, -0.2) is 0 Å². The number of nitrogens with one attached hydrogen (secondary N) is 1. The molecule has 3 aromatic carbocycles. The molecule has 0 aromatic heterocycles. The maximum atomic E-state index is 13.1. The van der Waals surface area contributed by atoms with Crippen LogP contribution in [0.25, 0.3) is 0 Å². The number of anilines is 1. The highest BCUT2D eigenvalue weighted by molar-refractivity contribution is 5.97. The molecule has 0 spiro atoms. The molecule has 0 bridgehead atoms. The van der Waals surface area contributed by atoms with Gasteiger partial charge in [0.2, 0.25) is 5.91 Å². The first kappa shape index (κ1) is 17.5. The third kappa shape index (κ3) is 3.16. The van der Waals surface area contributed by atoms with E-state index in [0.29, 0.717) is 0 Å². The Morgan fingerprint density at radius 2 is 1.33 bits per heavy atom. The maximum Gasteiger partial charge on any atom is 0.228 e. The van der Waals surface area contributed by atoms with Crippen molar-refractivity contribution in [3.8, 4) is 0 Å². The molecule has 0 radical (unpaired) electrons. The van der Waals surface area contributed by atoms with E-state index in [1.807, 2.05) is 31.2 Å². The fourth-order valence-electron chi connectivity index (χ4n) is 4.02. The highest BCUT2D eigenvalue weighted by Gasteiger charge is 2.60. The molecule has 1 atom stereocenters. The third-order valence-electron chi connectivity index (χ3n) is 5.81. The van der Waals surface area contributed by atoms with Crippen LogP contribution in [-0.2, 0) is 10.2 Å². The van der Waals surface area contributed by atoms with Gasteiger partial charge in [0, 0.05) is 11.1 Å². The first-order valence-electron chi connectivity index (χ1n) is 9.51. The second-order valence-corrected chi connectivity index (χ2v) is 7.76. The Balaban J connectivity index is 1.69. The van der Waals surface area contributed by atoms with Crippen LogP contribution in [0.4, 0.5) is 5.69 Å². The van der Waals surface area contributed by atoms with E-state index in [1.165, 1.54) is 22.3 Å². The number of rotatable bonds is 4. The van der Waals surface area contributed by atoms with Gasteiger partial charge in [-0.15, -0.1) is 0 Å². The van der Waals surface area contributed by atoms with Crippen LogP contribution >= 0.6 is 0 Å². The molecule has 27 heavy (non-hydrogen) atoms. The average Bonchev–Trinajstić information content (AvgIpc) is 3.42.